The molecule has 2 rings (SSSR count). The number of rotatable bonds is 6. The van der Waals surface area contributed by atoms with Gasteiger partial charge in [0.2, 0.25) is 0 Å². The van der Waals surface area contributed by atoms with Crippen molar-refractivity contribution in [3.05, 3.63) is 57.5 Å². The van der Waals surface area contributed by atoms with E-state index in [2.05, 4.69) is 81.7 Å². The van der Waals surface area contributed by atoms with E-state index in [1.54, 1.807) is 0 Å². The Balaban J connectivity index is 0. The van der Waals surface area contributed by atoms with Crippen molar-refractivity contribution >= 4 is 37.2 Å². The van der Waals surface area contributed by atoms with Crippen molar-refractivity contribution in [3.8, 4) is 0 Å². The quantitative estimate of drug-likeness (QED) is 0.601. The normalized spacial score (nSPS) is 14.1. The molecule has 0 amide bonds. The third kappa shape index (κ3) is 6.39. The molecule has 0 aromatic heterocycles. The predicted octanol–water partition coefficient (Wildman–Crippen LogP) is 5.14. The molecule has 0 fully saturated rings. The average Bonchev–Trinajstić information content (AvgIpc) is 2.87. The average molecular weight is 398 g/mol. The summed E-state index contributed by atoms with van der Waals surface area (Å²) in [6, 6.07) is 10.9. The topological polar surface area (TPSA) is 3.24 Å². The monoisotopic (exact) mass is 396 g/mol. The van der Waals surface area contributed by atoms with E-state index in [0.717, 1.165) is 26.1 Å². The van der Waals surface area contributed by atoms with Crippen LogP contribution in [0, 0.1) is 0 Å². The maximum atomic E-state index is 2.52. The van der Waals surface area contributed by atoms with Gasteiger partial charge in [-0.15, -0.1) is 37.2 Å². The zero-order valence-electron chi connectivity index (χ0n) is 13.1. The van der Waals surface area contributed by atoms with Gasteiger partial charge < -0.3 is 0 Å². The van der Waals surface area contributed by atoms with E-state index in [9.17, 15) is 0 Å². The van der Waals surface area contributed by atoms with E-state index in [4.69, 9.17) is 0 Å². The van der Waals surface area contributed by atoms with Gasteiger partial charge in [0.25, 0.3) is 0 Å². The van der Waals surface area contributed by atoms with Crippen molar-refractivity contribution in [2.24, 2.45) is 0 Å². The number of nitrogens with zero attached hydrogens (tertiary/aromatic N) is 1. The molecule has 0 heterocycles. The van der Waals surface area contributed by atoms with Crippen molar-refractivity contribution in [2.75, 3.05) is 19.6 Å². The molecular weight excluding hydrogens is 372 g/mol. The molecule has 1 aromatic carbocycles. The van der Waals surface area contributed by atoms with Crippen molar-refractivity contribution in [3.63, 3.8) is 0 Å². The molecule has 0 bridgehead atoms. The Morgan fingerprint density at radius 2 is 1.64 bits per heavy atom. The van der Waals surface area contributed by atoms with Gasteiger partial charge in [-0.1, -0.05) is 0 Å². The Morgan fingerprint density at radius 3 is 2.09 bits per heavy atom. The van der Waals surface area contributed by atoms with Gasteiger partial charge in [-0.05, 0) is 0 Å². The summed E-state index contributed by atoms with van der Waals surface area (Å²) < 4.78 is 1.53. The molecule has 1 nitrogen and oxygen atoms in total. The summed E-state index contributed by atoms with van der Waals surface area (Å²) in [5.74, 6) is 0.514. The number of hydrogen-bond acceptors (Lipinski definition) is 1. The van der Waals surface area contributed by atoms with Gasteiger partial charge in [0.1, 0.15) is 0 Å². The summed E-state index contributed by atoms with van der Waals surface area (Å²) >= 11 is 2.27. The Kier molecular flexibility index (Phi) is 14.1. The van der Waals surface area contributed by atoms with Crippen LogP contribution in [0.3, 0.4) is 0 Å². The Morgan fingerprint density at radius 1 is 1.05 bits per heavy atom. The van der Waals surface area contributed by atoms with Crippen molar-refractivity contribution in [1.82, 2.24) is 4.90 Å². The minimum Gasteiger partial charge on any atom is -0.147 e. The number of allylic oxidation sites excluding steroid dienone is 3. The second-order valence-electron chi connectivity index (χ2n) is 4.99. The minimum atomic E-state index is 0. The van der Waals surface area contributed by atoms with Crippen molar-refractivity contribution < 1.29 is 20.4 Å². The fraction of sp³-hybridized carbons (Fsp3) is 0.412. The van der Waals surface area contributed by atoms with E-state index in [0.29, 0.717) is 5.92 Å². The maximum absolute atomic E-state index is 2.52. The summed E-state index contributed by atoms with van der Waals surface area (Å²) in [7, 11) is 0. The van der Waals surface area contributed by atoms with Gasteiger partial charge in [-0.25, -0.2) is 0 Å². The number of hydrogen-bond donors (Lipinski definition) is 0. The second kappa shape index (κ2) is 12.6. The second-order valence-corrected chi connectivity index (χ2v) is 5.93. The molecule has 0 saturated heterocycles. The number of likely N-dealkylation sites (N-methyl/N-ethyl adjacent to an activating group) is 1. The van der Waals surface area contributed by atoms with Gasteiger partial charge >= 0.3 is 129 Å². The fourth-order valence-electron chi connectivity index (χ4n) is 2.66. The molecular formula is C17H25Cl3NTi. The molecule has 0 N–H and O–H groups in total. The third-order valence-corrected chi connectivity index (χ3v) is 4.65. The summed E-state index contributed by atoms with van der Waals surface area (Å²) in [4.78, 5) is 2.52. The third-order valence-electron chi connectivity index (χ3n) is 3.88. The van der Waals surface area contributed by atoms with Crippen LogP contribution in [0.1, 0.15) is 31.7 Å². The zero-order valence-corrected chi connectivity index (χ0v) is 17.1. The molecule has 1 aliphatic rings. The first kappa shape index (κ1) is 24.5. The molecule has 0 saturated carbocycles. The summed E-state index contributed by atoms with van der Waals surface area (Å²) in [6.07, 6.45) is 5.75. The standard InChI is InChI=1S/C17H22N.3ClH.Ti/c1-3-18(4-2)14-17(16-12-8-9-13-16)15-10-6-5-7-11-15;;;;/h5-8,10-12,17H,3-4,9,14H2,1-2H3;3*1H;. The van der Waals surface area contributed by atoms with Crippen LogP contribution in [0.2, 0.25) is 0 Å². The number of halogens is 3. The van der Waals surface area contributed by atoms with Gasteiger partial charge in [-0.3, -0.25) is 0 Å². The fourth-order valence-corrected chi connectivity index (χ4v) is 3.24. The smallest absolute Gasteiger partial charge is 0.147 e. The van der Waals surface area contributed by atoms with E-state index in [-0.39, 0.29) is 37.2 Å². The molecule has 0 radical (unpaired) electrons. The van der Waals surface area contributed by atoms with E-state index >= 15 is 0 Å². The molecule has 1 aromatic rings. The molecule has 0 spiro atoms. The molecule has 5 heteroatoms. The van der Waals surface area contributed by atoms with Gasteiger partial charge in [-0.2, -0.15) is 0 Å². The molecule has 1 unspecified atom stereocenters. The largest absolute Gasteiger partial charge is 0.147 e. The SMILES string of the molecule is CCN(CC)CC(C1=[C]([Ti])CC=C1)c1ccccc1.Cl.Cl.Cl. The maximum Gasteiger partial charge on any atom is -0.147 e. The van der Waals surface area contributed by atoms with Crippen LogP contribution < -0.4 is 0 Å². The summed E-state index contributed by atoms with van der Waals surface area (Å²) in [6.45, 7) is 7.86. The number of benzene rings is 1. The van der Waals surface area contributed by atoms with Crippen LogP contribution in [0.4, 0.5) is 0 Å². The van der Waals surface area contributed by atoms with Crippen molar-refractivity contribution in [2.45, 2.75) is 26.2 Å². The van der Waals surface area contributed by atoms with Crippen LogP contribution in [0.25, 0.3) is 0 Å². The van der Waals surface area contributed by atoms with Crippen LogP contribution in [0.5, 0.6) is 0 Å². The first-order valence-corrected chi connectivity index (χ1v) is 7.92. The summed E-state index contributed by atoms with van der Waals surface area (Å²) in [5, 5.41) is 0. The minimum absolute atomic E-state index is 0. The first-order chi connectivity index (χ1) is 9.26. The van der Waals surface area contributed by atoms with Crippen LogP contribution in [0.15, 0.2) is 51.9 Å². The van der Waals surface area contributed by atoms with E-state index in [1.807, 2.05) is 0 Å². The zero-order chi connectivity index (χ0) is 13.7. The van der Waals surface area contributed by atoms with E-state index in [1.165, 1.54) is 15.0 Å². The van der Waals surface area contributed by atoms with Crippen LogP contribution in [-0.2, 0) is 20.4 Å². The van der Waals surface area contributed by atoms with Gasteiger partial charge in [0.15, 0.2) is 0 Å². The Bertz CT molecular complexity index is 470. The van der Waals surface area contributed by atoms with Crippen LogP contribution >= 0.6 is 37.2 Å². The molecule has 1 aliphatic carbocycles. The predicted molar refractivity (Wildman–Crippen MR) is 99.5 cm³/mol. The van der Waals surface area contributed by atoms with Gasteiger partial charge in [0, 0.05) is 0 Å². The van der Waals surface area contributed by atoms with Crippen LogP contribution in [-0.4, -0.2) is 24.5 Å². The molecule has 1 atom stereocenters. The first-order valence-electron chi connectivity index (χ1n) is 7.14. The Labute approximate surface area is 165 Å². The Hall–Kier alpha value is 0.244. The molecule has 123 valence electrons. The van der Waals surface area contributed by atoms with E-state index < -0.39 is 0 Å². The van der Waals surface area contributed by atoms with Gasteiger partial charge in [0.05, 0.1) is 0 Å². The molecule has 0 aliphatic heterocycles. The molecule has 22 heavy (non-hydrogen) atoms. The summed E-state index contributed by atoms with van der Waals surface area (Å²) in [5.41, 5.74) is 2.97. The van der Waals surface area contributed by atoms with Crippen molar-refractivity contribution in [1.29, 1.82) is 0 Å².